The molecule has 9 nitrogen and oxygen atoms in total. The Labute approximate surface area is 138 Å². The number of hydrogen-bond acceptors (Lipinski definition) is 6. The fourth-order valence-electron chi connectivity index (χ4n) is 2.21. The zero-order valence-electron chi connectivity index (χ0n) is 13.3. The second kappa shape index (κ2) is 6.90. The van der Waals surface area contributed by atoms with E-state index in [-0.39, 0.29) is 18.5 Å². The molecule has 1 amide bonds. The molecule has 0 saturated carbocycles. The lowest BCUT2D eigenvalue weighted by Gasteiger charge is -2.11. The average Bonchev–Trinajstić information content (AvgIpc) is 3.26. The van der Waals surface area contributed by atoms with Gasteiger partial charge in [0.1, 0.15) is 18.6 Å². The molecule has 24 heavy (non-hydrogen) atoms. The largest absolute Gasteiger partial charge is 0.497 e. The molecular weight excluding hydrogens is 310 g/mol. The number of ether oxygens (including phenoxy) is 1. The minimum absolute atomic E-state index is 0.0734. The topological polar surface area (TPSA) is 99.8 Å². The minimum atomic E-state index is -0.180. The maximum absolute atomic E-state index is 12.0. The monoisotopic (exact) mass is 327 g/mol. The summed E-state index contributed by atoms with van der Waals surface area (Å²) in [6.07, 6.45) is 5.00. The number of benzene rings is 1. The summed E-state index contributed by atoms with van der Waals surface area (Å²) < 4.78 is 8.25. The average molecular weight is 327 g/mol. The molecule has 0 aliphatic rings. The van der Waals surface area contributed by atoms with E-state index in [1.165, 1.54) is 11.0 Å². The van der Waals surface area contributed by atoms with Crippen molar-refractivity contribution in [2.75, 3.05) is 7.11 Å². The van der Waals surface area contributed by atoms with Crippen LogP contribution in [0.2, 0.25) is 0 Å². The lowest BCUT2D eigenvalue weighted by molar-refractivity contribution is -0.122. The van der Waals surface area contributed by atoms with Crippen molar-refractivity contribution in [1.82, 2.24) is 35.3 Å². The Morgan fingerprint density at radius 3 is 2.79 bits per heavy atom. The number of hydrogen-bond donors (Lipinski definition) is 1. The molecule has 0 aliphatic heterocycles. The smallest absolute Gasteiger partial charge is 0.242 e. The van der Waals surface area contributed by atoms with Crippen LogP contribution >= 0.6 is 0 Å². The summed E-state index contributed by atoms with van der Waals surface area (Å²) in [5.41, 5.74) is 1.81. The van der Waals surface area contributed by atoms with Crippen molar-refractivity contribution in [3.8, 4) is 11.4 Å². The molecular formula is C15H17N7O2. The molecule has 0 saturated heterocycles. The van der Waals surface area contributed by atoms with Gasteiger partial charge in [0.15, 0.2) is 0 Å². The first-order valence-corrected chi connectivity index (χ1v) is 7.35. The molecule has 0 radical (unpaired) electrons. The predicted octanol–water partition coefficient (Wildman–Crippen LogP) is 0.745. The molecule has 0 fully saturated rings. The van der Waals surface area contributed by atoms with E-state index in [0.717, 1.165) is 17.0 Å². The van der Waals surface area contributed by atoms with Crippen molar-refractivity contribution >= 4 is 5.91 Å². The van der Waals surface area contributed by atoms with Gasteiger partial charge in [-0.3, -0.25) is 4.79 Å². The van der Waals surface area contributed by atoms with Crippen LogP contribution in [0.1, 0.15) is 18.5 Å². The molecule has 0 spiro atoms. The highest BCUT2D eigenvalue weighted by Crippen LogP contribution is 2.17. The lowest BCUT2D eigenvalue weighted by Crippen LogP contribution is -2.30. The van der Waals surface area contributed by atoms with Gasteiger partial charge >= 0.3 is 0 Å². The number of methoxy groups -OCH3 is 1. The van der Waals surface area contributed by atoms with E-state index in [0.29, 0.717) is 0 Å². The summed E-state index contributed by atoms with van der Waals surface area (Å²) in [5, 5.41) is 17.9. The van der Waals surface area contributed by atoms with Crippen LogP contribution in [0.15, 0.2) is 43.0 Å². The Hall–Kier alpha value is -3.23. The van der Waals surface area contributed by atoms with Crippen LogP contribution in [0.5, 0.6) is 5.75 Å². The van der Waals surface area contributed by atoms with Gasteiger partial charge in [-0.2, -0.15) is 5.10 Å². The lowest BCUT2D eigenvalue weighted by atomic mass is 10.2. The van der Waals surface area contributed by atoms with E-state index in [4.69, 9.17) is 4.74 Å². The van der Waals surface area contributed by atoms with Crippen molar-refractivity contribution < 1.29 is 9.53 Å². The summed E-state index contributed by atoms with van der Waals surface area (Å²) in [7, 11) is 1.63. The second-order valence-corrected chi connectivity index (χ2v) is 5.21. The van der Waals surface area contributed by atoms with E-state index in [9.17, 15) is 4.79 Å². The first-order valence-electron chi connectivity index (χ1n) is 7.35. The van der Waals surface area contributed by atoms with E-state index >= 15 is 0 Å². The molecule has 2 heterocycles. The third-order valence-electron chi connectivity index (χ3n) is 3.51. The van der Waals surface area contributed by atoms with Crippen molar-refractivity contribution in [1.29, 1.82) is 0 Å². The number of amides is 1. The van der Waals surface area contributed by atoms with Gasteiger partial charge in [0.05, 0.1) is 25.0 Å². The van der Waals surface area contributed by atoms with Crippen LogP contribution < -0.4 is 10.1 Å². The van der Waals surface area contributed by atoms with E-state index in [1.807, 2.05) is 37.4 Å². The number of nitrogens with one attached hydrogen (secondary N) is 1. The quantitative estimate of drug-likeness (QED) is 0.717. The van der Waals surface area contributed by atoms with Crippen LogP contribution in [0, 0.1) is 0 Å². The highest BCUT2D eigenvalue weighted by atomic mass is 16.5. The molecule has 124 valence electrons. The zero-order valence-corrected chi connectivity index (χ0v) is 13.3. The zero-order chi connectivity index (χ0) is 16.9. The van der Waals surface area contributed by atoms with Crippen molar-refractivity contribution in [2.45, 2.75) is 19.5 Å². The number of tetrazole rings is 1. The third kappa shape index (κ3) is 3.57. The Bertz CT molecular complexity index is 796. The van der Waals surface area contributed by atoms with Crippen LogP contribution in [0.25, 0.3) is 5.69 Å². The molecule has 3 rings (SSSR count). The second-order valence-electron chi connectivity index (χ2n) is 5.21. The third-order valence-corrected chi connectivity index (χ3v) is 3.51. The van der Waals surface area contributed by atoms with Crippen molar-refractivity contribution in [2.24, 2.45) is 0 Å². The maximum atomic E-state index is 12.0. The summed E-state index contributed by atoms with van der Waals surface area (Å²) in [5.74, 6) is 0.612. The van der Waals surface area contributed by atoms with Crippen molar-refractivity contribution in [3.63, 3.8) is 0 Å². The van der Waals surface area contributed by atoms with E-state index in [2.05, 4.69) is 25.9 Å². The Kier molecular flexibility index (Phi) is 4.50. The molecule has 0 unspecified atom stereocenters. The fourth-order valence-corrected chi connectivity index (χ4v) is 2.21. The molecule has 1 aromatic carbocycles. The van der Waals surface area contributed by atoms with Gasteiger partial charge in [-0.05, 0) is 41.6 Å². The molecule has 0 aliphatic carbocycles. The van der Waals surface area contributed by atoms with Gasteiger partial charge < -0.3 is 10.1 Å². The van der Waals surface area contributed by atoms with Gasteiger partial charge in [0.25, 0.3) is 0 Å². The number of nitrogens with zero attached hydrogens (tertiary/aromatic N) is 6. The summed E-state index contributed by atoms with van der Waals surface area (Å²) in [4.78, 5) is 12.0. The predicted molar refractivity (Wildman–Crippen MR) is 84.5 cm³/mol. The summed E-state index contributed by atoms with van der Waals surface area (Å²) in [6.45, 7) is 1.97. The summed E-state index contributed by atoms with van der Waals surface area (Å²) in [6, 6.07) is 7.39. The van der Waals surface area contributed by atoms with Crippen LogP contribution in [-0.4, -0.2) is 43.0 Å². The first kappa shape index (κ1) is 15.7. The minimum Gasteiger partial charge on any atom is -0.497 e. The van der Waals surface area contributed by atoms with Gasteiger partial charge in [0, 0.05) is 11.8 Å². The molecule has 1 N–H and O–H groups in total. The maximum Gasteiger partial charge on any atom is 0.242 e. The first-order chi connectivity index (χ1) is 11.7. The highest BCUT2D eigenvalue weighted by molar-refractivity contribution is 5.76. The molecule has 1 atom stereocenters. The molecule has 3 aromatic rings. The number of carbonyl (C=O) groups is 1. The standard InChI is InChI=1S/C15H17N7O2/c1-11(18-15(23)9-21-10-16-19-20-21)12-7-17-22(8-12)13-3-5-14(24-2)6-4-13/h3-8,10-11H,9H2,1-2H3,(H,18,23)/t11-/m1/s1. The van der Waals surface area contributed by atoms with Gasteiger partial charge in [-0.1, -0.05) is 0 Å². The molecule has 9 heteroatoms. The normalized spacial score (nSPS) is 11.9. The van der Waals surface area contributed by atoms with Gasteiger partial charge in [0.2, 0.25) is 5.91 Å². The SMILES string of the molecule is COc1ccc(-n2cc([C@@H](C)NC(=O)Cn3cnnn3)cn2)cc1. The molecule has 2 aromatic heterocycles. The summed E-state index contributed by atoms with van der Waals surface area (Å²) >= 11 is 0. The van der Waals surface area contributed by atoms with E-state index < -0.39 is 0 Å². The van der Waals surface area contributed by atoms with Crippen LogP contribution in [0.4, 0.5) is 0 Å². The highest BCUT2D eigenvalue weighted by Gasteiger charge is 2.13. The fraction of sp³-hybridized carbons (Fsp3) is 0.267. The van der Waals surface area contributed by atoms with Gasteiger partial charge in [-0.25, -0.2) is 9.36 Å². The number of rotatable bonds is 6. The van der Waals surface area contributed by atoms with Crippen LogP contribution in [-0.2, 0) is 11.3 Å². The Morgan fingerprint density at radius 1 is 1.33 bits per heavy atom. The van der Waals surface area contributed by atoms with Crippen molar-refractivity contribution in [3.05, 3.63) is 48.5 Å². The van der Waals surface area contributed by atoms with Gasteiger partial charge in [-0.15, -0.1) is 5.10 Å². The molecule has 0 bridgehead atoms. The van der Waals surface area contributed by atoms with E-state index in [1.54, 1.807) is 18.0 Å². The Morgan fingerprint density at radius 2 is 2.12 bits per heavy atom. The number of aromatic nitrogens is 6. The number of carbonyl (C=O) groups excluding carboxylic acids is 1. The van der Waals surface area contributed by atoms with Crippen LogP contribution in [0.3, 0.4) is 0 Å². The Balaban J connectivity index is 1.64.